The van der Waals surface area contributed by atoms with Gasteiger partial charge in [-0.25, -0.2) is 4.39 Å². The third-order valence-electron chi connectivity index (χ3n) is 2.64. The fourth-order valence-corrected chi connectivity index (χ4v) is 1.67. The molecule has 6 heteroatoms. The molecule has 0 spiro atoms. The van der Waals surface area contributed by atoms with E-state index >= 15 is 0 Å². The molecule has 0 saturated heterocycles. The molecule has 0 aliphatic heterocycles. The summed E-state index contributed by atoms with van der Waals surface area (Å²) in [6, 6.07) is 3.80. The van der Waals surface area contributed by atoms with Crippen LogP contribution >= 0.6 is 0 Å². The van der Waals surface area contributed by atoms with E-state index < -0.39 is 17.6 Å². The van der Waals surface area contributed by atoms with Gasteiger partial charge in [-0.1, -0.05) is 0 Å². The van der Waals surface area contributed by atoms with Crippen LogP contribution < -0.4 is 5.73 Å². The van der Waals surface area contributed by atoms with Crippen LogP contribution in [0.25, 0.3) is 11.1 Å². The zero-order valence-electron chi connectivity index (χ0n) is 9.71. The van der Waals surface area contributed by atoms with E-state index in [0.717, 1.165) is 12.1 Å². The Labute approximate surface area is 106 Å². The number of nitrogens with zero attached hydrogens (tertiary/aromatic N) is 1. The molecule has 0 saturated carbocycles. The van der Waals surface area contributed by atoms with Crippen LogP contribution in [-0.4, -0.2) is 4.98 Å². The van der Waals surface area contributed by atoms with Crippen molar-refractivity contribution in [1.29, 1.82) is 0 Å². The Kier molecular flexibility index (Phi) is 3.53. The Bertz CT molecular complexity index is 593. The summed E-state index contributed by atoms with van der Waals surface area (Å²) in [5, 5.41) is 0. The molecule has 0 radical (unpaired) electrons. The lowest BCUT2D eigenvalue weighted by Gasteiger charge is -2.10. The topological polar surface area (TPSA) is 38.9 Å². The van der Waals surface area contributed by atoms with Crippen molar-refractivity contribution >= 4 is 0 Å². The molecule has 2 nitrogen and oxygen atoms in total. The molecule has 0 amide bonds. The van der Waals surface area contributed by atoms with E-state index in [1.807, 2.05) is 0 Å². The van der Waals surface area contributed by atoms with E-state index in [-0.39, 0.29) is 17.7 Å². The fraction of sp³-hybridized carbons (Fsp3) is 0.154. The molecule has 0 aliphatic carbocycles. The number of benzene rings is 1. The van der Waals surface area contributed by atoms with Gasteiger partial charge in [0.25, 0.3) is 0 Å². The Hall–Kier alpha value is -1.95. The smallest absolute Gasteiger partial charge is 0.326 e. The Morgan fingerprint density at radius 3 is 2.47 bits per heavy atom. The lowest BCUT2D eigenvalue weighted by atomic mass is 10.0. The Morgan fingerprint density at radius 2 is 1.84 bits per heavy atom. The van der Waals surface area contributed by atoms with Crippen molar-refractivity contribution < 1.29 is 17.6 Å². The number of hydrogen-bond donors (Lipinski definition) is 1. The van der Waals surface area contributed by atoms with Crippen LogP contribution in [0.4, 0.5) is 17.6 Å². The monoisotopic (exact) mass is 270 g/mol. The van der Waals surface area contributed by atoms with Gasteiger partial charge in [-0.15, -0.1) is 0 Å². The predicted molar refractivity (Wildman–Crippen MR) is 62.5 cm³/mol. The maximum absolute atomic E-state index is 13.7. The van der Waals surface area contributed by atoms with Crippen molar-refractivity contribution in [2.75, 3.05) is 0 Å². The fourth-order valence-electron chi connectivity index (χ4n) is 1.67. The second-order valence-electron chi connectivity index (χ2n) is 3.98. The van der Waals surface area contributed by atoms with Crippen molar-refractivity contribution in [3.8, 4) is 11.1 Å². The second kappa shape index (κ2) is 4.97. The molecule has 2 N–H and O–H groups in total. The van der Waals surface area contributed by atoms with Gasteiger partial charge < -0.3 is 5.73 Å². The summed E-state index contributed by atoms with van der Waals surface area (Å²) in [6.45, 7) is 0.182. The third kappa shape index (κ3) is 2.90. The number of hydrogen-bond acceptors (Lipinski definition) is 2. The lowest BCUT2D eigenvalue weighted by molar-refractivity contribution is -0.137. The quantitative estimate of drug-likeness (QED) is 0.850. The number of nitrogens with two attached hydrogens (primary N) is 1. The van der Waals surface area contributed by atoms with Crippen molar-refractivity contribution in [3.05, 3.63) is 53.6 Å². The van der Waals surface area contributed by atoms with Crippen LogP contribution in [0.1, 0.15) is 11.1 Å². The standard InChI is InChI=1S/C13H10F4N2/c14-12-2-1-10(13(15,16)17)4-11(12)9-3-8(5-18)6-19-7-9/h1-4,6-7H,5,18H2. The highest BCUT2D eigenvalue weighted by molar-refractivity contribution is 5.64. The van der Waals surface area contributed by atoms with Crippen molar-refractivity contribution in [1.82, 2.24) is 4.98 Å². The first kappa shape index (κ1) is 13.5. The first-order chi connectivity index (χ1) is 8.91. The first-order valence-electron chi connectivity index (χ1n) is 5.43. The van der Waals surface area contributed by atoms with E-state index in [1.165, 1.54) is 18.5 Å². The number of rotatable bonds is 2. The van der Waals surface area contributed by atoms with Crippen LogP contribution in [0.15, 0.2) is 36.7 Å². The van der Waals surface area contributed by atoms with E-state index in [0.29, 0.717) is 11.6 Å². The SMILES string of the molecule is NCc1cncc(-c2cc(C(F)(F)F)ccc2F)c1. The summed E-state index contributed by atoms with van der Waals surface area (Å²) < 4.78 is 51.5. The van der Waals surface area contributed by atoms with Gasteiger partial charge in [0.15, 0.2) is 0 Å². The first-order valence-corrected chi connectivity index (χ1v) is 5.43. The lowest BCUT2D eigenvalue weighted by Crippen LogP contribution is -2.05. The highest BCUT2D eigenvalue weighted by atomic mass is 19.4. The second-order valence-corrected chi connectivity index (χ2v) is 3.98. The minimum Gasteiger partial charge on any atom is -0.326 e. The van der Waals surface area contributed by atoms with Crippen LogP contribution in [0.5, 0.6) is 0 Å². The maximum Gasteiger partial charge on any atom is 0.416 e. The van der Waals surface area contributed by atoms with Gasteiger partial charge in [0, 0.05) is 30.1 Å². The van der Waals surface area contributed by atoms with Gasteiger partial charge >= 0.3 is 6.18 Å². The minimum absolute atomic E-state index is 0.141. The van der Waals surface area contributed by atoms with Gasteiger partial charge in [-0.2, -0.15) is 13.2 Å². The Morgan fingerprint density at radius 1 is 1.11 bits per heavy atom. The highest BCUT2D eigenvalue weighted by Crippen LogP contribution is 2.33. The van der Waals surface area contributed by atoms with Gasteiger partial charge in [0.05, 0.1) is 5.56 Å². The summed E-state index contributed by atoms with van der Waals surface area (Å²) >= 11 is 0. The molecule has 2 aromatic rings. The van der Waals surface area contributed by atoms with Gasteiger partial charge in [0.2, 0.25) is 0 Å². The summed E-state index contributed by atoms with van der Waals surface area (Å²) in [7, 11) is 0. The summed E-state index contributed by atoms with van der Waals surface area (Å²) in [6.07, 6.45) is -1.73. The molecule has 0 unspecified atom stereocenters. The molecule has 1 aromatic heterocycles. The molecule has 0 aliphatic rings. The average molecular weight is 270 g/mol. The largest absolute Gasteiger partial charge is 0.416 e. The summed E-state index contributed by atoms with van der Waals surface area (Å²) in [4.78, 5) is 3.84. The number of aromatic nitrogens is 1. The van der Waals surface area contributed by atoms with Gasteiger partial charge in [-0.3, -0.25) is 4.98 Å². The number of pyridine rings is 1. The zero-order chi connectivity index (χ0) is 14.0. The van der Waals surface area contributed by atoms with Crippen molar-refractivity contribution in [2.24, 2.45) is 5.73 Å². The molecular formula is C13H10F4N2. The number of alkyl halides is 3. The minimum atomic E-state index is -4.51. The predicted octanol–water partition coefficient (Wildman–Crippen LogP) is 3.37. The molecule has 2 rings (SSSR count). The van der Waals surface area contributed by atoms with E-state index in [4.69, 9.17) is 5.73 Å². The summed E-state index contributed by atoms with van der Waals surface area (Å²) in [5.41, 5.74) is 5.27. The number of halogens is 4. The average Bonchev–Trinajstić information content (AvgIpc) is 2.38. The molecule has 100 valence electrons. The molecule has 19 heavy (non-hydrogen) atoms. The van der Waals surface area contributed by atoms with Crippen LogP contribution in [-0.2, 0) is 12.7 Å². The molecule has 0 atom stereocenters. The maximum atomic E-state index is 13.7. The summed E-state index contributed by atoms with van der Waals surface area (Å²) in [5.74, 6) is -0.732. The highest BCUT2D eigenvalue weighted by Gasteiger charge is 2.31. The van der Waals surface area contributed by atoms with Crippen LogP contribution in [0.2, 0.25) is 0 Å². The van der Waals surface area contributed by atoms with Gasteiger partial charge in [0.1, 0.15) is 5.82 Å². The van der Waals surface area contributed by atoms with Crippen molar-refractivity contribution in [2.45, 2.75) is 12.7 Å². The zero-order valence-corrected chi connectivity index (χ0v) is 9.71. The molecule has 1 heterocycles. The normalized spacial score (nSPS) is 11.6. The molecule has 0 fully saturated rings. The van der Waals surface area contributed by atoms with Gasteiger partial charge in [-0.05, 0) is 29.8 Å². The molecule has 0 bridgehead atoms. The Balaban J connectivity index is 2.54. The van der Waals surface area contributed by atoms with Crippen LogP contribution in [0, 0.1) is 5.82 Å². The molecule has 1 aromatic carbocycles. The molecular weight excluding hydrogens is 260 g/mol. The van der Waals surface area contributed by atoms with E-state index in [9.17, 15) is 17.6 Å². The van der Waals surface area contributed by atoms with E-state index in [1.54, 1.807) is 0 Å². The third-order valence-corrected chi connectivity index (χ3v) is 2.64. The van der Waals surface area contributed by atoms with Crippen molar-refractivity contribution in [3.63, 3.8) is 0 Å². The van der Waals surface area contributed by atoms with Crippen LogP contribution in [0.3, 0.4) is 0 Å². The van der Waals surface area contributed by atoms with E-state index in [2.05, 4.69) is 4.98 Å².